The summed E-state index contributed by atoms with van der Waals surface area (Å²) in [6, 6.07) is 0. The van der Waals surface area contributed by atoms with Crippen LogP contribution in [0, 0.1) is 0 Å². The summed E-state index contributed by atoms with van der Waals surface area (Å²) in [5.41, 5.74) is 0. The normalized spacial score (nSPS) is 16.3. The Kier molecular flexibility index (Phi) is 7.07. The fraction of sp³-hybridized carbons (Fsp3) is 1.00. The van der Waals surface area contributed by atoms with Crippen LogP contribution in [-0.2, 0) is 0 Å². The van der Waals surface area contributed by atoms with Crippen LogP contribution in [0.4, 0.5) is 0 Å². The predicted molar refractivity (Wildman–Crippen MR) is 122 cm³/mol. The summed E-state index contributed by atoms with van der Waals surface area (Å²) in [4.78, 5) is 0. The van der Waals surface area contributed by atoms with E-state index in [0.29, 0.717) is 0 Å². The molecule has 21 heavy (non-hydrogen) atoms. The molecular formula is C14H42Si6Te. The molecule has 0 unspecified atom stereocenters. The molecule has 0 aliphatic rings. The Balaban J connectivity index is 6.15. The average Bonchev–Trinajstić information content (AvgIpc) is 2.09. The Hall–Kier alpha value is 2.09. The Bertz CT molecular complexity index is 303. The van der Waals surface area contributed by atoms with Gasteiger partial charge in [0.05, 0.1) is 0 Å². The zero-order valence-corrected chi connectivity index (χ0v) is 25.7. The number of hydrogen-bond donors (Lipinski definition) is 0. The molecule has 0 N–H and O–H groups in total. The van der Waals surface area contributed by atoms with Gasteiger partial charge < -0.3 is 0 Å². The summed E-state index contributed by atoms with van der Waals surface area (Å²) < 4.78 is -1.94. The van der Waals surface area contributed by atoms with Gasteiger partial charge >= 0.3 is 151 Å². The van der Waals surface area contributed by atoms with Crippen molar-refractivity contribution >= 4 is 59.0 Å². The fourth-order valence-corrected chi connectivity index (χ4v) is 270. The van der Waals surface area contributed by atoms with Crippen molar-refractivity contribution in [3.8, 4) is 0 Å². The molecule has 0 atom stereocenters. The fourth-order valence-electron chi connectivity index (χ4n) is 3.27. The van der Waals surface area contributed by atoms with E-state index < -0.39 is 39.7 Å². The second-order valence-electron chi connectivity index (χ2n) is 11.2. The maximum atomic E-state index is 2.92. The predicted octanol–water partition coefficient (Wildman–Crippen LogP) is 5.51. The third-order valence-electron chi connectivity index (χ3n) is 6.13. The van der Waals surface area contributed by atoms with Crippen LogP contribution in [0.2, 0.25) is 91.7 Å². The molecule has 0 aromatic rings. The molecule has 0 amide bonds. The van der Waals surface area contributed by atoms with Gasteiger partial charge in [-0.2, -0.15) is 0 Å². The number of rotatable bonds is 6. The van der Waals surface area contributed by atoms with E-state index in [1.165, 1.54) is 0 Å². The summed E-state index contributed by atoms with van der Waals surface area (Å²) in [7, 11) is -3.90. The first kappa shape index (κ1) is 23.1. The molecule has 0 aromatic carbocycles. The van der Waals surface area contributed by atoms with Crippen molar-refractivity contribution in [1.29, 1.82) is 0 Å². The van der Waals surface area contributed by atoms with Crippen molar-refractivity contribution in [2.24, 2.45) is 0 Å². The molecule has 0 nitrogen and oxygen atoms in total. The van der Waals surface area contributed by atoms with E-state index in [0.717, 1.165) is 0 Å². The minimum atomic E-state index is -0.976. The molecule has 0 aromatic heterocycles. The van der Waals surface area contributed by atoms with Crippen molar-refractivity contribution < 1.29 is 0 Å². The molecule has 0 saturated carbocycles. The molecule has 0 heterocycles. The first-order chi connectivity index (χ1) is 8.71. The topological polar surface area (TPSA) is 0 Å². The standard InChI is InChI=1S/C14H42Si6Te/c1-15(2,3)19(13,16(4,5)6)21-20(14,17(7,8)9)18(10,11)12/h1-14H3. The van der Waals surface area contributed by atoms with E-state index in [9.17, 15) is 0 Å². The Labute approximate surface area is 149 Å². The summed E-state index contributed by atoms with van der Waals surface area (Å²) >= 11 is 0.258. The molecule has 0 aliphatic heterocycles. The van der Waals surface area contributed by atoms with Gasteiger partial charge in [0.25, 0.3) is 0 Å². The maximum absolute atomic E-state index is 2.92. The van der Waals surface area contributed by atoms with E-state index in [1.54, 1.807) is 0 Å². The molecular weight excluding hydrogens is 464 g/mol. The van der Waals surface area contributed by atoms with Crippen molar-refractivity contribution in [1.82, 2.24) is 0 Å². The van der Waals surface area contributed by atoms with Gasteiger partial charge in [0, 0.05) is 0 Å². The van der Waals surface area contributed by atoms with Crippen LogP contribution in [0.1, 0.15) is 0 Å². The molecule has 0 aliphatic carbocycles. The minimum absolute atomic E-state index is 0.258. The van der Waals surface area contributed by atoms with Crippen LogP contribution in [-0.4, -0.2) is 59.0 Å². The molecule has 0 saturated heterocycles. The van der Waals surface area contributed by atoms with Gasteiger partial charge in [-0.05, 0) is 0 Å². The third kappa shape index (κ3) is 4.59. The monoisotopic (exact) mass is 508 g/mol. The van der Waals surface area contributed by atoms with Gasteiger partial charge in [-0.3, -0.25) is 0 Å². The summed E-state index contributed by atoms with van der Waals surface area (Å²) in [5, 5.41) is 0. The number of hydrogen-bond acceptors (Lipinski definition) is 0. The SMILES string of the molecule is C[Si](C)(C)[Si](C)([Te][Si](C)([Si](C)(C)C)[Si](C)(C)C)[Si](C)(C)C. The summed E-state index contributed by atoms with van der Waals surface area (Å²) in [6.07, 6.45) is 0. The molecule has 0 spiro atoms. The molecule has 128 valence electrons. The van der Waals surface area contributed by atoms with Gasteiger partial charge in [-0.1, -0.05) is 0 Å². The van der Waals surface area contributed by atoms with Gasteiger partial charge in [0.15, 0.2) is 0 Å². The first-order valence-corrected chi connectivity index (χ1v) is 38.2. The zero-order valence-electron chi connectivity index (χ0n) is 17.4. The van der Waals surface area contributed by atoms with Crippen molar-refractivity contribution in [3.05, 3.63) is 0 Å². The van der Waals surface area contributed by atoms with Crippen molar-refractivity contribution in [2.75, 3.05) is 0 Å². The van der Waals surface area contributed by atoms with Crippen LogP contribution in [0.3, 0.4) is 0 Å². The third-order valence-corrected chi connectivity index (χ3v) is 191. The molecule has 0 radical (unpaired) electrons. The van der Waals surface area contributed by atoms with Gasteiger partial charge in [0.1, 0.15) is 0 Å². The Morgan fingerprint density at radius 2 is 0.476 bits per heavy atom. The van der Waals surface area contributed by atoms with Crippen LogP contribution in [0.25, 0.3) is 0 Å². The molecule has 0 fully saturated rings. The van der Waals surface area contributed by atoms with Gasteiger partial charge in [-0.25, -0.2) is 0 Å². The van der Waals surface area contributed by atoms with Crippen LogP contribution < -0.4 is 0 Å². The van der Waals surface area contributed by atoms with Crippen LogP contribution >= 0.6 is 0 Å². The zero-order chi connectivity index (χ0) is 17.7. The van der Waals surface area contributed by atoms with E-state index in [4.69, 9.17) is 0 Å². The quantitative estimate of drug-likeness (QED) is 0.417. The van der Waals surface area contributed by atoms with Gasteiger partial charge in [0.2, 0.25) is 0 Å². The van der Waals surface area contributed by atoms with Crippen LogP contribution in [0.5, 0.6) is 0 Å². The molecule has 0 rings (SSSR count). The average molecular weight is 507 g/mol. The van der Waals surface area contributed by atoms with Crippen LogP contribution in [0.15, 0.2) is 0 Å². The second kappa shape index (κ2) is 6.43. The van der Waals surface area contributed by atoms with Crippen molar-refractivity contribution in [3.63, 3.8) is 0 Å². The summed E-state index contributed by atoms with van der Waals surface area (Å²) in [5.74, 6) is 0. The van der Waals surface area contributed by atoms with E-state index in [2.05, 4.69) is 91.7 Å². The van der Waals surface area contributed by atoms with E-state index >= 15 is 0 Å². The summed E-state index contributed by atoms with van der Waals surface area (Å²) in [6.45, 7) is 38.7. The Morgan fingerprint density at radius 1 is 0.333 bits per heavy atom. The van der Waals surface area contributed by atoms with E-state index in [1.807, 2.05) is 0 Å². The molecule has 0 bridgehead atoms. The Morgan fingerprint density at radius 3 is 0.571 bits per heavy atom. The van der Waals surface area contributed by atoms with E-state index in [-0.39, 0.29) is 19.3 Å². The van der Waals surface area contributed by atoms with Crippen molar-refractivity contribution in [2.45, 2.75) is 91.7 Å². The molecule has 7 heteroatoms. The first-order valence-electron chi connectivity index (χ1n) is 8.41. The van der Waals surface area contributed by atoms with Gasteiger partial charge in [-0.15, -0.1) is 0 Å². The second-order valence-corrected chi connectivity index (χ2v) is 99.8.